The molecule has 0 saturated carbocycles. The first-order valence-electron chi connectivity index (χ1n) is 10.1. The van der Waals surface area contributed by atoms with E-state index >= 15 is 0 Å². The zero-order valence-corrected chi connectivity index (χ0v) is 17.0. The Kier molecular flexibility index (Phi) is 6.00. The van der Waals surface area contributed by atoms with Crippen molar-refractivity contribution in [2.24, 2.45) is 0 Å². The van der Waals surface area contributed by atoms with E-state index in [-0.39, 0.29) is 0 Å². The Morgan fingerprint density at radius 1 is 1.07 bits per heavy atom. The second-order valence-electron chi connectivity index (χ2n) is 7.35. The van der Waals surface area contributed by atoms with Crippen molar-refractivity contribution >= 4 is 5.69 Å². The van der Waals surface area contributed by atoms with Crippen LogP contribution in [-0.4, -0.2) is 47.8 Å². The number of likely N-dealkylation sites (tertiary alicyclic amines) is 1. The fraction of sp³-hybridized carbons (Fsp3) is 0.348. The van der Waals surface area contributed by atoms with Gasteiger partial charge in [0, 0.05) is 49.0 Å². The monoisotopic (exact) mass is 392 g/mol. The summed E-state index contributed by atoms with van der Waals surface area (Å²) < 4.78 is 12.9. The fourth-order valence-corrected chi connectivity index (χ4v) is 3.97. The molecule has 4 rings (SSSR count). The maximum absolute atomic E-state index is 5.43. The van der Waals surface area contributed by atoms with Crippen LogP contribution in [0.5, 0.6) is 11.5 Å². The Morgan fingerprint density at radius 2 is 1.97 bits per heavy atom. The van der Waals surface area contributed by atoms with Crippen LogP contribution in [0.1, 0.15) is 18.5 Å². The number of ether oxygens (including phenoxy) is 2. The van der Waals surface area contributed by atoms with Crippen LogP contribution >= 0.6 is 0 Å². The number of hydrogen-bond acceptors (Lipinski definition) is 5. The Bertz CT molecular complexity index is 926. The van der Waals surface area contributed by atoms with Crippen LogP contribution in [0.25, 0.3) is 5.82 Å². The summed E-state index contributed by atoms with van der Waals surface area (Å²) in [6.07, 6.45) is 6.26. The summed E-state index contributed by atoms with van der Waals surface area (Å²) in [6.45, 7) is 3.02. The number of piperidine rings is 1. The van der Waals surface area contributed by atoms with E-state index in [4.69, 9.17) is 9.47 Å². The van der Waals surface area contributed by atoms with Gasteiger partial charge in [-0.25, -0.2) is 4.98 Å². The molecule has 6 nitrogen and oxygen atoms in total. The van der Waals surface area contributed by atoms with Gasteiger partial charge in [-0.1, -0.05) is 6.07 Å². The van der Waals surface area contributed by atoms with Gasteiger partial charge in [-0.3, -0.25) is 4.90 Å². The number of pyridine rings is 1. The third kappa shape index (κ3) is 4.54. The standard InChI is InChI=1S/C23H28N4O2/c1-28-21-11-10-18(15-22(21)29-2)25-19-7-5-13-26(16-19)17-20-8-6-14-27(20)23-9-3-4-12-24-23/h3-4,6,8-12,14-15,19,25H,5,7,13,16-17H2,1-2H3. The zero-order chi connectivity index (χ0) is 20.1. The number of aromatic nitrogens is 2. The lowest BCUT2D eigenvalue weighted by Crippen LogP contribution is -2.41. The lowest BCUT2D eigenvalue weighted by atomic mass is 10.0. The third-order valence-electron chi connectivity index (χ3n) is 5.37. The highest BCUT2D eigenvalue weighted by molar-refractivity contribution is 5.55. The van der Waals surface area contributed by atoms with Crippen molar-refractivity contribution in [3.63, 3.8) is 0 Å². The van der Waals surface area contributed by atoms with E-state index in [0.717, 1.165) is 49.1 Å². The minimum Gasteiger partial charge on any atom is -0.493 e. The minimum atomic E-state index is 0.403. The highest BCUT2D eigenvalue weighted by atomic mass is 16.5. The van der Waals surface area contributed by atoms with E-state index in [9.17, 15) is 0 Å². The largest absolute Gasteiger partial charge is 0.493 e. The Morgan fingerprint density at radius 3 is 2.76 bits per heavy atom. The van der Waals surface area contributed by atoms with Crippen LogP contribution in [-0.2, 0) is 6.54 Å². The number of anilines is 1. The van der Waals surface area contributed by atoms with E-state index in [2.05, 4.69) is 38.1 Å². The average Bonchev–Trinajstić information content (AvgIpc) is 3.22. The Labute approximate surface area is 172 Å². The van der Waals surface area contributed by atoms with Gasteiger partial charge >= 0.3 is 0 Å². The molecule has 152 valence electrons. The van der Waals surface area contributed by atoms with Crippen molar-refractivity contribution in [1.29, 1.82) is 0 Å². The molecule has 1 fully saturated rings. The molecule has 3 heterocycles. The van der Waals surface area contributed by atoms with Gasteiger partial charge in [0.15, 0.2) is 11.5 Å². The Hall–Kier alpha value is -2.99. The molecule has 0 spiro atoms. The lowest BCUT2D eigenvalue weighted by molar-refractivity contribution is 0.205. The molecule has 1 aliphatic rings. The molecule has 1 aromatic carbocycles. The molecule has 0 bridgehead atoms. The van der Waals surface area contributed by atoms with Crippen molar-refractivity contribution < 1.29 is 9.47 Å². The fourth-order valence-electron chi connectivity index (χ4n) is 3.97. The van der Waals surface area contributed by atoms with Gasteiger partial charge < -0.3 is 19.4 Å². The van der Waals surface area contributed by atoms with Crippen LogP contribution in [0.4, 0.5) is 5.69 Å². The average molecular weight is 393 g/mol. The number of hydrogen-bond donors (Lipinski definition) is 1. The Balaban J connectivity index is 1.42. The van der Waals surface area contributed by atoms with E-state index in [1.165, 1.54) is 12.1 Å². The first-order chi connectivity index (χ1) is 14.3. The van der Waals surface area contributed by atoms with Crippen molar-refractivity contribution in [2.75, 3.05) is 32.6 Å². The first-order valence-corrected chi connectivity index (χ1v) is 10.1. The zero-order valence-electron chi connectivity index (χ0n) is 17.0. The van der Waals surface area contributed by atoms with E-state index in [0.29, 0.717) is 6.04 Å². The van der Waals surface area contributed by atoms with Crippen LogP contribution < -0.4 is 14.8 Å². The molecule has 1 saturated heterocycles. The summed E-state index contributed by atoms with van der Waals surface area (Å²) >= 11 is 0. The summed E-state index contributed by atoms with van der Waals surface area (Å²) in [5.41, 5.74) is 2.32. The molecule has 2 aromatic heterocycles. The molecule has 1 unspecified atom stereocenters. The molecule has 1 atom stereocenters. The van der Waals surface area contributed by atoms with Gasteiger partial charge in [-0.15, -0.1) is 0 Å². The predicted molar refractivity (Wildman–Crippen MR) is 115 cm³/mol. The number of nitrogens with zero attached hydrogens (tertiary/aromatic N) is 3. The van der Waals surface area contributed by atoms with Crippen molar-refractivity contribution in [1.82, 2.24) is 14.5 Å². The normalized spacial score (nSPS) is 17.1. The van der Waals surface area contributed by atoms with Crippen LogP contribution in [0.3, 0.4) is 0 Å². The summed E-state index contributed by atoms with van der Waals surface area (Å²) in [5, 5.41) is 3.67. The maximum atomic E-state index is 5.43. The summed E-state index contributed by atoms with van der Waals surface area (Å²) in [4.78, 5) is 7.00. The highest BCUT2D eigenvalue weighted by Gasteiger charge is 2.21. The molecule has 0 radical (unpaired) electrons. The van der Waals surface area contributed by atoms with E-state index < -0.39 is 0 Å². The SMILES string of the molecule is COc1ccc(NC2CCCN(Cc3cccn3-c3ccccn3)C2)cc1OC. The van der Waals surface area contributed by atoms with Gasteiger partial charge in [0.25, 0.3) is 0 Å². The van der Waals surface area contributed by atoms with E-state index in [1.54, 1.807) is 14.2 Å². The second kappa shape index (κ2) is 9.01. The van der Waals surface area contributed by atoms with E-state index in [1.807, 2.05) is 42.6 Å². The maximum Gasteiger partial charge on any atom is 0.162 e. The highest BCUT2D eigenvalue weighted by Crippen LogP contribution is 2.30. The molecule has 6 heteroatoms. The van der Waals surface area contributed by atoms with Gasteiger partial charge in [0.2, 0.25) is 0 Å². The summed E-state index contributed by atoms with van der Waals surface area (Å²) in [5.74, 6) is 2.46. The summed E-state index contributed by atoms with van der Waals surface area (Å²) in [6, 6.07) is 16.7. The van der Waals surface area contributed by atoms with Crippen molar-refractivity contribution in [3.8, 4) is 17.3 Å². The number of benzene rings is 1. The predicted octanol–water partition coefficient (Wildman–Crippen LogP) is 3.97. The van der Waals surface area contributed by atoms with Crippen molar-refractivity contribution in [2.45, 2.75) is 25.4 Å². The second-order valence-corrected chi connectivity index (χ2v) is 7.35. The van der Waals surface area contributed by atoms with Crippen molar-refractivity contribution in [3.05, 3.63) is 66.6 Å². The minimum absolute atomic E-state index is 0.403. The molecular formula is C23H28N4O2. The van der Waals surface area contributed by atoms with Gasteiger partial charge in [-0.05, 0) is 55.8 Å². The van der Waals surface area contributed by atoms with Crippen LogP contribution in [0.15, 0.2) is 60.9 Å². The molecule has 1 aliphatic heterocycles. The third-order valence-corrected chi connectivity index (χ3v) is 5.37. The van der Waals surface area contributed by atoms with Crippen LogP contribution in [0, 0.1) is 0 Å². The smallest absolute Gasteiger partial charge is 0.162 e. The first kappa shape index (κ1) is 19.3. The molecule has 0 aliphatic carbocycles. The topological polar surface area (TPSA) is 51.5 Å². The molecule has 3 aromatic rings. The molecule has 1 N–H and O–H groups in total. The lowest BCUT2D eigenvalue weighted by Gasteiger charge is -2.34. The van der Waals surface area contributed by atoms with Gasteiger partial charge in [-0.2, -0.15) is 0 Å². The number of rotatable bonds is 7. The van der Waals surface area contributed by atoms with Crippen LogP contribution in [0.2, 0.25) is 0 Å². The van der Waals surface area contributed by atoms with Gasteiger partial charge in [0.05, 0.1) is 14.2 Å². The molecule has 29 heavy (non-hydrogen) atoms. The quantitative estimate of drug-likeness (QED) is 0.659. The number of nitrogens with one attached hydrogen (secondary N) is 1. The molecule has 0 amide bonds. The summed E-state index contributed by atoms with van der Waals surface area (Å²) in [7, 11) is 3.32. The van der Waals surface area contributed by atoms with Gasteiger partial charge in [0.1, 0.15) is 5.82 Å². The number of methoxy groups -OCH3 is 2. The molecular weight excluding hydrogens is 364 g/mol.